The van der Waals surface area contributed by atoms with E-state index in [1.165, 1.54) is 30.9 Å². The summed E-state index contributed by atoms with van der Waals surface area (Å²) < 4.78 is 4.81. The highest BCUT2D eigenvalue weighted by Crippen LogP contribution is 2.33. The van der Waals surface area contributed by atoms with Crippen molar-refractivity contribution in [3.63, 3.8) is 0 Å². The second-order valence-electron chi connectivity index (χ2n) is 7.44. The Morgan fingerprint density at radius 3 is 2.76 bits per heavy atom. The molecular formula is C22H23N5O2. The minimum Gasteiger partial charge on any atom is -0.465 e. The van der Waals surface area contributed by atoms with Gasteiger partial charge in [-0.15, -0.1) is 0 Å². The van der Waals surface area contributed by atoms with E-state index >= 15 is 0 Å². The van der Waals surface area contributed by atoms with Gasteiger partial charge in [0.05, 0.1) is 12.7 Å². The third-order valence-corrected chi connectivity index (χ3v) is 5.71. The molecule has 7 heteroatoms. The first kappa shape index (κ1) is 17.8. The number of rotatable bonds is 4. The van der Waals surface area contributed by atoms with Gasteiger partial charge < -0.3 is 25.3 Å². The second kappa shape index (κ2) is 7.25. The summed E-state index contributed by atoms with van der Waals surface area (Å²) in [4.78, 5) is 22.8. The third-order valence-electron chi connectivity index (χ3n) is 5.71. The summed E-state index contributed by atoms with van der Waals surface area (Å²) in [6.45, 7) is 2.17. The molecular weight excluding hydrogens is 366 g/mol. The topological polar surface area (TPSA) is 94.8 Å². The lowest BCUT2D eigenvalue weighted by Gasteiger charge is -2.22. The van der Waals surface area contributed by atoms with Crippen LogP contribution < -0.4 is 10.6 Å². The predicted molar refractivity (Wildman–Crippen MR) is 114 cm³/mol. The number of ether oxygens (including phenoxy) is 1. The van der Waals surface area contributed by atoms with Gasteiger partial charge in [-0.1, -0.05) is 6.07 Å². The van der Waals surface area contributed by atoms with Crippen LogP contribution in [0.1, 0.15) is 34.7 Å². The normalized spacial score (nSPS) is 15.1. The van der Waals surface area contributed by atoms with Gasteiger partial charge in [-0.2, -0.15) is 0 Å². The lowest BCUT2D eigenvalue weighted by molar-refractivity contribution is 0.0603. The first-order chi connectivity index (χ1) is 14.2. The Kier molecular flexibility index (Phi) is 4.44. The summed E-state index contributed by atoms with van der Waals surface area (Å²) in [6, 6.07) is 10.1. The van der Waals surface area contributed by atoms with E-state index in [4.69, 9.17) is 4.74 Å². The van der Waals surface area contributed by atoms with Crippen LogP contribution in [-0.4, -0.2) is 41.1 Å². The minimum absolute atomic E-state index is 0.375. The number of pyridine rings is 1. The molecule has 4 N–H and O–H groups in total. The van der Waals surface area contributed by atoms with E-state index in [0.717, 1.165) is 29.7 Å². The Balaban J connectivity index is 1.40. The number of aromatic amines is 2. The number of nitrogens with zero attached hydrogens (tertiary/aromatic N) is 1. The Morgan fingerprint density at radius 2 is 1.93 bits per heavy atom. The van der Waals surface area contributed by atoms with Crippen molar-refractivity contribution in [2.24, 2.45) is 0 Å². The molecule has 0 unspecified atom stereocenters. The molecule has 0 aliphatic carbocycles. The number of aromatic nitrogens is 3. The molecule has 0 amide bonds. The van der Waals surface area contributed by atoms with Crippen LogP contribution in [0.15, 0.2) is 42.7 Å². The Bertz CT molecular complexity index is 1190. The van der Waals surface area contributed by atoms with Gasteiger partial charge in [0.15, 0.2) is 0 Å². The molecule has 0 bridgehead atoms. The molecule has 4 aromatic rings. The van der Waals surface area contributed by atoms with Crippen LogP contribution in [0.2, 0.25) is 0 Å². The first-order valence-electron chi connectivity index (χ1n) is 9.88. The summed E-state index contributed by atoms with van der Waals surface area (Å²) in [7, 11) is 1.37. The number of carbonyl (C=O) groups is 1. The van der Waals surface area contributed by atoms with Crippen LogP contribution in [0.5, 0.6) is 0 Å². The Labute approximate surface area is 167 Å². The number of fused-ring (bicyclic) bond motifs is 2. The fraction of sp³-hybridized carbons (Fsp3) is 0.273. The maximum atomic E-state index is 11.8. The summed E-state index contributed by atoms with van der Waals surface area (Å²) in [5.41, 5.74) is 4.62. The van der Waals surface area contributed by atoms with Crippen LogP contribution in [0.25, 0.3) is 21.9 Å². The monoisotopic (exact) mass is 389 g/mol. The van der Waals surface area contributed by atoms with Crippen LogP contribution in [0.3, 0.4) is 0 Å². The number of H-pyrrole nitrogens is 2. The standard InChI is InChI=1S/C22H23N5O2/c1-29-22(28)18-12-25-21-16(18)4-5-20(27-21)26-14-2-3-15-17(11-24-19(15)10-14)13-6-8-23-9-7-13/h2-5,10-13,23-24H,6-9H2,1H3,(H2,25,26,27). The SMILES string of the molecule is COC(=O)c1c[nH]c2nc(Nc3ccc4c(C5CCNCC5)c[nH]c4c3)ccc12. The molecule has 3 aromatic heterocycles. The van der Waals surface area contributed by atoms with E-state index in [-0.39, 0.29) is 5.97 Å². The Hall–Kier alpha value is -3.32. The van der Waals surface area contributed by atoms with E-state index in [1.807, 2.05) is 12.1 Å². The number of benzene rings is 1. The van der Waals surface area contributed by atoms with Gasteiger partial charge in [-0.05, 0) is 61.7 Å². The van der Waals surface area contributed by atoms with E-state index in [2.05, 4.69) is 50.0 Å². The number of piperidine rings is 1. The fourth-order valence-electron chi connectivity index (χ4n) is 4.20. The smallest absolute Gasteiger partial charge is 0.340 e. The number of esters is 1. The van der Waals surface area contributed by atoms with Crippen LogP contribution in [-0.2, 0) is 4.74 Å². The van der Waals surface area contributed by atoms with Gasteiger partial charge in [-0.25, -0.2) is 9.78 Å². The minimum atomic E-state index is -0.375. The van der Waals surface area contributed by atoms with Crippen LogP contribution >= 0.6 is 0 Å². The molecule has 7 nitrogen and oxygen atoms in total. The van der Waals surface area contributed by atoms with Crippen molar-refractivity contribution >= 4 is 39.4 Å². The van der Waals surface area contributed by atoms with E-state index < -0.39 is 0 Å². The number of hydrogen-bond donors (Lipinski definition) is 4. The summed E-state index contributed by atoms with van der Waals surface area (Å²) >= 11 is 0. The number of anilines is 2. The molecule has 1 aromatic carbocycles. The van der Waals surface area contributed by atoms with Crippen molar-refractivity contribution in [1.82, 2.24) is 20.3 Å². The third kappa shape index (κ3) is 3.23. The highest BCUT2D eigenvalue weighted by molar-refractivity contribution is 6.03. The largest absolute Gasteiger partial charge is 0.465 e. The molecule has 29 heavy (non-hydrogen) atoms. The van der Waals surface area contributed by atoms with E-state index in [0.29, 0.717) is 22.9 Å². The summed E-state index contributed by atoms with van der Waals surface area (Å²) in [6.07, 6.45) is 6.14. The van der Waals surface area contributed by atoms with Crippen molar-refractivity contribution in [2.75, 3.05) is 25.5 Å². The maximum Gasteiger partial charge on any atom is 0.340 e. The van der Waals surface area contributed by atoms with Crippen molar-refractivity contribution in [2.45, 2.75) is 18.8 Å². The number of hydrogen-bond acceptors (Lipinski definition) is 5. The number of carbonyl (C=O) groups excluding carboxylic acids is 1. The molecule has 1 aliphatic heterocycles. The summed E-state index contributed by atoms with van der Waals surface area (Å²) in [5, 5.41) is 8.82. The fourth-order valence-corrected chi connectivity index (χ4v) is 4.20. The van der Waals surface area contributed by atoms with Gasteiger partial charge in [0.2, 0.25) is 0 Å². The zero-order valence-electron chi connectivity index (χ0n) is 16.2. The molecule has 5 rings (SSSR count). The van der Waals surface area contributed by atoms with Gasteiger partial charge in [0.25, 0.3) is 0 Å². The lowest BCUT2D eigenvalue weighted by Crippen LogP contribution is -2.26. The van der Waals surface area contributed by atoms with Gasteiger partial charge in [0, 0.05) is 34.4 Å². The van der Waals surface area contributed by atoms with Crippen molar-refractivity contribution in [3.05, 3.63) is 53.9 Å². The Morgan fingerprint density at radius 1 is 1.10 bits per heavy atom. The van der Waals surface area contributed by atoms with E-state index in [1.54, 1.807) is 6.20 Å². The molecule has 1 fully saturated rings. The first-order valence-corrected chi connectivity index (χ1v) is 9.88. The number of nitrogens with one attached hydrogen (secondary N) is 4. The molecule has 0 atom stereocenters. The average Bonchev–Trinajstić information content (AvgIpc) is 3.37. The molecule has 1 aliphatic rings. The zero-order chi connectivity index (χ0) is 19.8. The second-order valence-corrected chi connectivity index (χ2v) is 7.44. The molecule has 4 heterocycles. The van der Waals surface area contributed by atoms with E-state index in [9.17, 15) is 4.79 Å². The van der Waals surface area contributed by atoms with Gasteiger partial charge >= 0.3 is 5.97 Å². The van der Waals surface area contributed by atoms with Gasteiger partial charge in [0.1, 0.15) is 11.5 Å². The number of methoxy groups -OCH3 is 1. The predicted octanol–water partition coefficient (Wildman–Crippen LogP) is 4.04. The summed E-state index contributed by atoms with van der Waals surface area (Å²) in [5.74, 6) is 0.950. The van der Waals surface area contributed by atoms with Crippen molar-refractivity contribution in [3.8, 4) is 0 Å². The quantitative estimate of drug-likeness (QED) is 0.395. The molecule has 0 spiro atoms. The lowest BCUT2D eigenvalue weighted by atomic mass is 9.90. The molecule has 1 saturated heterocycles. The van der Waals surface area contributed by atoms with Crippen molar-refractivity contribution < 1.29 is 9.53 Å². The molecule has 148 valence electrons. The van der Waals surface area contributed by atoms with Crippen molar-refractivity contribution in [1.29, 1.82) is 0 Å². The molecule has 0 radical (unpaired) electrons. The van der Waals surface area contributed by atoms with Gasteiger partial charge in [-0.3, -0.25) is 0 Å². The zero-order valence-corrected chi connectivity index (χ0v) is 16.2. The maximum absolute atomic E-state index is 11.8. The highest BCUT2D eigenvalue weighted by Gasteiger charge is 2.18. The average molecular weight is 389 g/mol. The van der Waals surface area contributed by atoms with Crippen LogP contribution in [0, 0.1) is 0 Å². The molecule has 0 saturated carbocycles. The van der Waals surface area contributed by atoms with Crippen LogP contribution in [0.4, 0.5) is 11.5 Å². The highest BCUT2D eigenvalue weighted by atomic mass is 16.5.